The number of hydrogen-bond acceptors (Lipinski definition) is 4. The van der Waals surface area contributed by atoms with Gasteiger partial charge in [0.1, 0.15) is 0 Å². The Balaban J connectivity index is 1.17. The highest BCUT2D eigenvalue weighted by atomic mass is 16.2. The molecule has 2 aliphatic heterocycles. The van der Waals surface area contributed by atoms with E-state index in [2.05, 4.69) is 28.9 Å². The van der Waals surface area contributed by atoms with E-state index in [-0.39, 0.29) is 11.8 Å². The molecule has 0 aromatic heterocycles. The van der Waals surface area contributed by atoms with Crippen LogP contribution in [-0.4, -0.2) is 96.4 Å². The van der Waals surface area contributed by atoms with Gasteiger partial charge in [-0.05, 0) is 25.3 Å². The number of rotatable bonds is 5. The molecule has 4 rings (SSSR count). The van der Waals surface area contributed by atoms with Gasteiger partial charge in [0.2, 0.25) is 11.8 Å². The third-order valence-corrected chi connectivity index (χ3v) is 6.82. The van der Waals surface area contributed by atoms with E-state index >= 15 is 0 Å². The molecule has 1 saturated carbocycles. The minimum absolute atomic E-state index is 0.187. The van der Waals surface area contributed by atoms with E-state index in [4.69, 9.17) is 0 Å². The van der Waals surface area contributed by atoms with Gasteiger partial charge in [-0.2, -0.15) is 0 Å². The van der Waals surface area contributed by atoms with Crippen LogP contribution in [0.5, 0.6) is 0 Å². The molecular formula is C23H34N4O2. The minimum Gasteiger partial charge on any atom is -0.340 e. The van der Waals surface area contributed by atoms with Crippen LogP contribution in [0.3, 0.4) is 0 Å². The van der Waals surface area contributed by atoms with Gasteiger partial charge in [0.25, 0.3) is 0 Å². The number of piperazine rings is 2. The monoisotopic (exact) mass is 398 g/mol. The van der Waals surface area contributed by atoms with Gasteiger partial charge < -0.3 is 9.80 Å². The predicted octanol–water partition coefficient (Wildman–Crippen LogP) is 1.38. The number of benzene rings is 1. The van der Waals surface area contributed by atoms with Crippen LogP contribution < -0.4 is 0 Å². The molecule has 6 heteroatoms. The predicted molar refractivity (Wildman–Crippen MR) is 114 cm³/mol. The van der Waals surface area contributed by atoms with Gasteiger partial charge in [-0.15, -0.1) is 0 Å². The van der Waals surface area contributed by atoms with Crippen LogP contribution in [0.4, 0.5) is 0 Å². The van der Waals surface area contributed by atoms with Crippen LogP contribution in [0.1, 0.15) is 30.4 Å². The molecule has 0 atom stereocenters. The second kappa shape index (κ2) is 9.26. The van der Waals surface area contributed by atoms with Gasteiger partial charge >= 0.3 is 0 Å². The van der Waals surface area contributed by atoms with Gasteiger partial charge in [0.05, 0.1) is 13.0 Å². The molecule has 0 unspecified atom stereocenters. The summed E-state index contributed by atoms with van der Waals surface area (Å²) in [5.41, 5.74) is 2.28. The Kier molecular flexibility index (Phi) is 6.50. The van der Waals surface area contributed by atoms with Crippen LogP contribution in [0, 0.1) is 6.92 Å². The smallest absolute Gasteiger partial charge is 0.236 e. The molecule has 0 spiro atoms. The standard InChI is InChI=1S/C23H34N4O2/c1-19-5-7-20(8-6-19)17-22(28)26-11-9-24(10-12-26)18-23(29)27-15-13-25(14-16-27)21-3-2-4-21/h5-8,21H,2-4,9-18H2,1H3. The van der Waals surface area contributed by atoms with Crippen molar-refractivity contribution >= 4 is 11.8 Å². The second-order valence-electron chi connectivity index (χ2n) is 8.82. The Bertz CT molecular complexity index is 700. The first kappa shape index (κ1) is 20.4. The first-order chi connectivity index (χ1) is 14.1. The Labute approximate surface area is 174 Å². The van der Waals surface area contributed by atoms with Crippen LogP contribution >= 0.6 is 0 Å². The van der Waals surface area contributed by atoms with Crippen molar-refractivity contribution in [2.24, 2.45) is 0 Å². The van der Waals surface area contributed by atoms with Crippen molar-refractivity contribution in [2.45, 2.75) is 38.6 Å². The third-order valence-electron chi connectivity index (χ3n) is 6.82. The lowest BCUT2D eigenvalue weighted by atomic mass is 9.91. The van der Waals surface area contributed by atoms with E-state index in [1.54, 1.807) is 0 Å². The Morgan fingerprint density at radius 2 is 1.41 bits per heavy atom. The van der Waals surface area contributed by atoms with Crippen LogP contribution in [-0.2, 0) is 16.0 Å². The Morgan fingerprint density at radius 3 is 2.00 bits per heavy atom. The summed E-state index contributed by atoms with van der Waals surface area (Å²) in [6.07, 6.45) is 4.50. The number of carbonyl (C=O) groups is 2. The van der Waals surface area contributed by atoms with Gasteiger partial charge in [-0.1, -0.05) is 36.2 Å². The maximum atomic E-state index is 12.7. The molecule has 1 aromatic carbocycles. The maximum absolute atomic E-state index is 12.7. The van der Waals surface area contributed by atoms with Crippen LogP contribution in [0.15, 0.2) is 24.3 Å². The number of carbonyl (C=O) groups excluding carboxylic acids is 2. The van der Waals surface area contributed by atoms with E-state index in [9.17, 15) is 9.59 Å². The minimum atomic E-state index is 0.187. The van der Waals surface area contributed by atoms with Crippen molar-refractivity contribution in [2.75, 3.05) is 58.9 Å². The lowest BCUT2D eigenvalue weighted by Crippen LogP contribution is -2.56. The summed E-state index contributed by atoms with van der Waals surface area (Å²) >= 11 is 0. The zero-order valence-electron chi connectivity index (χ0n) is 17.7. The second-order valence-corrected chi connectivity index (χ2v) is 8.82. The summed E-state index contributed by atoms with van der Waals surface area (Å²) < 4.78 is 0. The molecular weight excluding hydrogens is 364 g/mol. The fourth-order valence-corrected chi connectivity index (χ4v) is 4.53. The zero-order valence-corrected chi connectivity index (χ0v) is 17.7. The quantitative estimate of drug-likeness (QED) is 0.752. The maximum Gasteiger partial charge on any atom is 0.236 e. The summed E-state index contributed by atoms with van der Waals surface area (Å²) in [6, 6.07) is 8.95. The molecule has 2 heterocycles. The van der Waals surface area contributed by atoms with E-state index in [1.807, 2.05) is 21.9 Å². The Morgan fingerprint density at radius 1 is 0.828 bits per heavy atom. The number of aryl methyl sites for hydroxylation is 1. The van der Waals surface area contributed by atoms with Crippen molar-refractivity contribution in [3.63, 3.8) is 0 Å². The summed E-state index contributed by atoms with van der Waals surface area (Å²) in [5, 5.41) is 0. The first-order valence-corrected chi connectivity index (χ1v) is 11.2. The van der Waals surface area contributed by atoms with Crippen molar-refractivity contribution in [3.8, 4) is 0 Å². The van der Waals surface area contributed by atoms with Crippen LogP contribution in [0.2, 0.25) is 0 Å². The topological polar surface area (TPSA) is 47.1 Å². The summed E-state index contributed by atoms with van der Waals surface area (Å²) in [7, 11) is 0. The molecule has 0 radical (unpaired) electrons. The first-order valence-electron chi connectivity index (χ1n) is 11.2. The van der Waals surface area contributed by atoms with Crippen LogP contribution in [0.25, 0.3) is 0 Å². The van der Waals surface area contributed by atoms with E-state index in [0.29, 0.717) is 26.1 Å². The average Bonchev–Trinajstić information content (AvgIpc) is 2.69. The third kappa shape index (κ3) is 5.17. The normalized spacial score (nSPS) is 21.8. The zero-order chi connectivity index (χ0) is 20.2. The highest BCUT2D eigenvalue weighted by molar-refractivity contribution is 5.79. The summed E-state index contributed by atoms with van der Waals surface area (Å²) in [6.45, 7) is 9.33. The fraction of sp³-hybridized carbons (Fsp3) is 0.652. The molecule has 158 valence electrons. The number of nitrogens with zero attached hydrogens (tertiary/aromatic N) is 4. The van der Waals surface area contributed by atoms with Crippen molar-refractivity contribution in [1.82, 2.24) is 19.6 Å². The van der Waals surface area contributed by atoms with Gasteiger partial charge in [-0.3, -0.25) is 19.4 Å². The molecule has 0 bridgehead atoms. The molecule has 3 fully saturated rings. The van der Waals surface area contributed by atoms with E-state index in [0.717, 1.165) is 50.9 Å². The van der Waals surface area contributed by atoms with E-state index < -0.39 is 0 Å². The SMILES string of the molecule is Cc1ccc(CC(=O)N2CCN(CC(=O)N3CCN(C4CCC4)CC3)CC2)cc1. The molecule has 2 amide bonds. The fourth-order valence-electron chi connectivity index (χ4n) is 4.53. The molecule has 2 saturated heterocycles. The van der Waals surface area contributed by atoms with Crippen molar-refractivity contribution < 1.29 is 9.59 Å². The van der Waals surface area contributed by atoms with Gasteiger partial charge in [0, 0.05) is 58.4 Å². The molecule has 1 aromatic rings. The van der Waals surface area contributed by atoms with E-state index in [1.165, 1.54) is 24.8 Å². The largest absolute Gasteiger partial charge is 0.340 e. The highest BCUT2D eigenvalue weighted by Gasteiger charge is 2.30. The Hall–Kier alpha value is -1.92. The number of amides is 2. The van der Waals surface area contributed by atoms with Gasteiger partial charge in [-0.25, -0.2) is 0 Å². The molecule has 3 aliphatic rings. The van der Waals surface area contributed by atoms with Crippen molar-refractivity contribution in [1.29, 1.82) is 0 Å². The van der Waals surface area contributed by atoms with Gasteiger partial charge in [0.15, 0.2) is 0 Å². The highest BCUT2D eigenvalue weighted by Crippen LogP contribution is 2.25. The molecule has 1 aliphatic carbocycles. The summed E-state index contributed by atoms with van der Waals surface area (Å²) in [4.78, 5) is 34.0. The molecule has 6 nitrogen and oxygen atoms in total. The van der Waals surface area contributed by atoms with Crippen molar-refractivity contribution in [3.05, 3.63) is 35.4 Å². The molecule has 29 heavy (non-hydrogen) atoms. The summed E-state index contributed by atoms with van der Waals surface area (Å²) in [5.74, 6) is 0.435. The lowest BCUT2D eigenvalue weighted by Gasteiger charge is -2.43. The average molecular weight is 399 g/mol. The lowest BCUT2D eigenvalue weighted by molar-refractivity contribution is -0.136. The number of hydrogen-bond donors (Lipinski definition) is 0. The molecule has 0 N–H and O–H groups in total.